The number of carbonyl (C=O) groups is 4. The molecule has 49 heavy (non-hydrogen) atoms. The van der Waals surface area contributed by atoms with Crippen LogP contribution >= 0.6 is 12.4 Å². The number of nitrogens with two attached hydrogens (primary N) is 1. The predicted molar refractivity (Wildman–Crippen MR) is 191 cm³/mol. The number of hydrogen-bond donors (Lipinski definition) is 4. The number of benzene rings is 3. The van der Waals surface area contributed by atoms with E-state index in [1.54, 1.807) is 0 Å². The standard InChI is InChI=1S/C39H48N4O5.ClH/c40-34(22-27-12-4-1-5-13-27)37(45)41-24-30-18-10-20-32(30)36(44)43-35(23-28-14-6-2-7-15-28)38(46)42-25-31-19-11-21-33(31)39(47)48-26-29-16-8-3-9-17-29;/h1-9,12-17,30-35H,10-11,18-26,40H2,(H,41,45)(H,42,46)(H,43,44);1H/t30-,31-,32+,33+,34+,35+;/m0./s1. The van der Waals surface area contributed by atoms with Gasteiger partial charge in [0.05, 0.1) is 12.0 Å². The van der Waals surface area contributed by atoms with Crippen LogP contribution in [0, 0.1) is 23.7 Å². The Hall–Kier alpha value is -4.21. The SMILES string of the molecule is Cl.N[C@H](Cc1ccccc1)C(=O)NC[C@@H]1CCC[C@H]1C(=O)N[C@H](Cc1ccccc1)C(=O)NC[C@@H]1CCC[C@H]1C(=O)OCc1ccccc1. The zero-order valence-corrected chi connectivity index (χ0v) is 28.7. The zero-order valence-electron chi connectivity index (χ0n) is 27.9. The summed E-state index contributed by atoms with van der Waals surface area (Å²) in [6, 6.07) is 27.4. The second kappa shape index (κ2) is 19.1. The summed E-state index contributed by atoms with van der Waals surface area (Å²) in [5.41, 5.74) is 9.04. The summed E-state index contributed by atoms with van der Waals surface area (Å²) in [4.78, 5) is 53.1. The van der Waals surface area contributed by atoms with Crippen LogP contribution in [0.25, 0.3) is 0 Å². The van der Waals surface area contributed by atoms with Crippen molar-refractivity contribution in [3.63, 3.8) is 0 Å². The predicted octanol–water partition coefficient (Wildman–Crippen LogP) is 4.51. The smallest absolute Gasteiger partial charge is 0.309 e. The molecule has 2 saturated carbocycles. The van der Waals surface area contributed by atoms with Gasteiger partial charge in [0.15, 0.2) is 0 Å². The van der Waals surface area contributed by atoms with Crippen molar-refractivity contribution in [1.29, 1.82) is 0 Å². The van der Waals surface area contributed by atoms with Crippen molar-refractivity contribution in [3.05, 3.63) is 108 Å². The van der Waals surface area contributed by atoms with Gasteiger partial charge < -0.3 is 26.4 Å². The van der Waals surface area contributed by atoms with Crippen molar-refractivity contribution >= 4 is 36.1 Å². The molecule has 6 atom stereocenters. The molecule has 0 aromatic heterocycles. The molecule has 2 aliphatic rings. The molecule has 9 nitrogen and oxygen atoms in total. The van der Waals surface area contributed by atoms with Gasteiger partial charge in [-0.3, -0.25) is 19.2 Å². The third-order valence-electron chi connectivity index (χ3n) is 9.81. The van der Waals surface area contributed by atoms with Gasteiger partial charge in [0.1, 0.15) is 12.6 Å². The van der Waals surface area contributed by atoms with Crippen LogP contribution in [0.5, 0.6) is 0 Å². The average Bonchev–Trinajstić information content (AvgIpc) is 3.79. The largest absolute Gasteiger partial charge is 0.461 e. The first-order valence-electron chi connectivity index (χ1n) is 17.3. The molecule has 3 aromatic carbocycles. The van der Waals surface area contributed by atoms with Crippen molar-refractivity contribution in [1.82, 2.24) is 16.0 Å². The highest BCUT2D eigenvalue weighted by atomic mass is 35.5. The van der Waals surface area contributed by atoms with Crippen LogP contribution in [0.15, 0.2) is 91.0 Å². The average molecular weight is 689 g/mol. The lowest BCUT2D eigenvalue weighted by Gasteiger charge is -2.25. The van der Waals surface area contributed by atoms with Crippen molar-refractivity contribution in [2.45, 2.75) is 70.1 Å². The van der Waals surface area contributed by atoms with Gasteiger partial charge >= 0.3 is 5.97 Å². The van der Waals surface area contributed by atoms with Crippen molar-refractivity contribution < 1.29 is 23.9 Å². The van der Waals surface area contributed by atoms with Gasteiger partial charge in [0.2, 0.25) is 17.7 Å². The molecule has 262 valence electrons. The third-order valence-corrected chi connectivity index (χ3v) is 9.81. The minimum Gasteiger partial charge on any atom is -0.461 e. The second-order valence-corrected chi connectivity index (χ2v) is 13.2. The quantitative estimate of drug-likeness (QED) is 0.173. The highest BCUT2D eigenvalue weighted by molar-refractivity contribution is 5.89. The highest BCUT2D eigenvalue weighted by Gasteiger charge is 2.37. The third kappa shape index (κ3) is 11.2. The summed E-state index contributed by atoms with van der Waals surface area (Å²) in [6.07, 6.45) is 5.60. The number of halogens is 1. The number of amides is 3. The minimum atomic E-state index is -0.778. The summed E-state index contributed by atoms with van der Waals surface area (Å²) < 4.78 is 5.63. The fourth-order valence-corrected chi connectivity index (χ4v) is 7.07. The molecular formula is C39H49ClN4O5. The maximum absolute atomic E-state index is 13.7. The van der Waals surface area contributed by atoms with Gasteiger partial charge in [-0.05, 0) is 60.6 Å². The van der Waals surface area contributed by atoms with Crippen LogP contribution in [-0.4, -0.2) is 48.9 Å². The monoisotopic (exact) mass is 688 g/mol. The van der Waals surface area contributed by atoms with E-state index in [-0.39, 0.29) is 66.4 Å². The summed E-state index contributed by atoms with van der Waals surface area (Å²) >= 11 is 0. The summed E-state index contributed by atoms with van der Waals surface area (Å²) in [5.74, 6) is -1.58. The summed E-state index contributed by atoms with van der Waals surface area (Å²) in [7, 11) is 0. The first-order valence-corrected chi connectivity index (χ1v) is 17.3. The molecule has 2 aliphatic carbocycles. The van der Waals surface area contributed by atoms with E-state index >= 15 is 0 Å². The normalized spacial score (nSPS) is 21.1. The maximum Gasteiger partial charge on any atom is 0.309 e. The summed E-state index contributed by atoms with van der Waals surface area (Å²) in [5, 5.41) is 9.07. The Morgan fingerprint density at radius 2 is 1.14 bits per heavy atom. The maximum atomic E-state index is 13.7. The van der Waals surface area contributed by atoms with E-state index in [1.807, 2.05) is 91.0 Å². The number of nitrogens with one attached hydrogen (secondary N) is 3. The number of hydrogen-bond acceptors (Lipinski definition) is 6. The van der Waals surface area contributed by atoms with E-state index in [9.17, 15) is 19.2 Å². The van der Waals surface area contributed by atoms with Gasteiger partial charge in [-0.1, -0.05) is 104 Å². The Morgan fingerprint density at radius 3 is 1.73 bits per heavy atom. The van der Waals surface area contributed by atoms with Gasteiger partial charge in [-0.15, -0.1) is 12.4 Å². The van der Waals surface area contributed by atoms with E-state index in [4.69, 9.17) is 10.5 Å². The Balaban J connectivity index is 0.00000541. The fraction of sp³-hybridized carbons (Fsp3) is 0.436. The van der Waals surface area contributed by atoms with Crippen LogP contribution in [0.1, 0.15) is 55.2 Å². The van der Waals surface area contributed by atoms with Gasteiger partial charge in [-0.25, -0.2) is 0 Å². The molecular weight excluding hydrogens is 640 g/mol. The van der Waals surface area contributed by atoms with Crippen molar-refractivity contribution in [2.24, 2.45) is 29.4 Å². The van der Waals surface area contributed by atoms with Crippen LogP contribution in [0.3, 0.4) is 0 Å². The van der Waals surface area contributed by atoms with Gasteiger partial charge in [0.25, 0.3) is 0 Å². The zero-order chi connectivity index (χ0) is 33.7. The van der Waals surface area contributed by atoms with E-state index in [0.717, 1.165) is 48.8 Å². The van der Waals surface area contributed by atoms with Crippen LogP contribution in [0.2, 0.25) is 0 Å². The topological polar surface area (TPSA) is 140 Å². The highest BCUT2D eigenvalue weighted by Crippen LogP contribution is 2.33. The van der Waals surface area contributed by atoms with Crippen LogP contribution in [-0.2, 0) is 43.4 Å². The molecule has 0 spiro atoms. The molecule has 0 unspecified atom stereocenters. The van der Waals surface area contributed by atoms with Gasteiger partial charge in [0, 0.05) is 25.4 Å². The molecule has 0 heterocycles. The van der Waals surface area contributed by atoms with Crippen LogP contribution in [0.4, 0.5) is 0 Å². The molecule has 2 fully saturated rings. The molecule has 0 saturated heterocycles. The first-order chi connectivity index (χ1) is 23.4. The minimum absolute atomic E-state index is 0. The Kier molecular flexibility index (Phi) is 14.7. The second-order valence-electron chi connectivity index (χ2n) is 13.2. The molecule has 3 aromatic rings. The molecule has 0 radical (unpaired) electrons. The van der Waals surface area contributed by atoms with Crippen molar-refractivity contribution in [3.8, 4) is 0 Å². The fourth-order valence-electron chi connectivity index (χ4n) is 7.07. The number of ether oxygens (including phenoxy) is 1. The lowest BCUT2D eigenvalue weighted by atomic mass is 9.93. The molecule has 5 rings (SSSR count). The lowest BCUT2D eigenvalue weighted by Crippen LogP contribution is -2.51. The van der Waals surface area contributed by atoms with E-state index in [1.165, 1.54) is 0 Å². The lowest BCUT2D eigenvalue weighted by molar-refractivity contribution is -0.151. The Bertz CT molecular complexity index is 1490. The molecule has 10 heteroatoms. The first kappa shape index (κ1) is 37.6. The Labute approximate surface area is 295 Å². The molecule has 5 N–H and O–H groups in total. The van der Waals surface area contributed by atoms with Crippen LogP contribution < -0.4 is 21.7 Å². The molecule has 0 aliphatic heterocycles. The number of rotatable bonds is 15. The van der Waals surface area contributed by atoms with Crippen molar-refractivity contribution in [2.75, 3.05) is 13.1 Å². The summed E-state index contributed by atoms with van der Waals surface area (Å²) in [6.45, 7) is 0.928. The number of esters is 1. The number of carbonyl (C=O) groups excluding carboxylic acids is 4. The van der Waals surface area contributed by atoms with E-state index < -0.39 is 12.1 Å². The van der Waals surface area contributed by atoms with E-state index in [0.29, 0.717) is 32.4 Å². The molecule has 0 bridgehead atoms. The molecule has 3 amide bonds. The van der Waals surface area contributed by atoms with Gasteiger partial charge in [-0.2, -0.15) is 0 Å². The Morgan fingerprint density at radius 1 is 0.653 bits per heavy atom. The van der Waals surface area contributed by atoms with E-state index in [2.05, 4.69) is 16.0 Å².